The minimum absolute atomic E-state index is 0.00787. The number of likely N-dealkylation sites (N-methyl/N-ethyl adjacent to an activating group) is 1. The van der Waals surface area contributed by atoms with Crippen LogP contribution in [-0.2, 0) is 0 Å². The Kier molecular flexibility index (Phi) is 5.43. The van der Waals surface area contributed by atoms with Crippen LogP contribution in [0.1, 0.15) is 42.6 Å². The van der Waals surface area contributed by atoms with Crippen LogP contribution in [0.4, 0.5) is 0 Å². The van der Waals surface area contributed by atoms with E-state index in [1.807, 2.05) is 4.90 Å². The number of likely N-dealkylation sites (tertiary alicyclic amines) is 3. The largest absolute Gasteiger partial charge is 0.396 e. The van der Waals surface area contributed by atoms with Gasteiger partial charge in [0.15, 0.2) is 0 Å². The lowest BCUT2D eigenvalue weighted by Crippen LogP contribution is -2.63. The second-order valence-electron chi connectivity index (χ2n) is 8.48. The Morgan fingerprint density at radius 3 is 2.74 bits per heavy atom. The number of piperidine rings is 3. The van der Waals surface area contributed by atoms with Gasteiger partial charge in [-0.25, -0.2) is 4.98 Å². The Labute approximate surface area is 161 Å². The van der Waals surface area contributed by atoms with Crippen molar-refractivity contribution in [3.63, 3.8) is 0 Å². The van der Waals surface area contributed by atoms with E-state index in [4.69, 9.17) is 0 Å². The minimum atomic E-state index is -0.00787. The summed E-state index contributed by atoms with van der Waals surface area (Å²) in [6.45, 7) is 5.10. The number of aromatic nitrogens is 2. The fourth-order valence-electron chi connectivity index (χ4n) is 5.38. The summed E-state index contributed by atoms with van der Waals surface area (Å²) in [6.07, 6.45) is 10.1. The van der Waals surface area contributed by atoms with Gasteiger partial charge in [-0.2, -0.15) is 0 Å². The summed E-state index contributed by atoms with van der Waals surface area (Å²) >= 11 is 0. The molecule has 0 unspecified atom stereocenters. The van der Waals surface area contributed by atoms with Crippen LogP contribution in [0, 0.1) is 5.41 Å². The molecule has 3 saturated heterocycles. The van der Waals surface area contributed by atoms with Crippen molar-refractivity contribution in [3.05, 3.63) is 24.3 Å². The van der Waals surface area contributed by atoms with Crippen LogP contribution in [0.3, 0.4) is 0 Å². The number of carbonyl (C=O) groups is 1. The predicted octanol–water partition coefficient (Wildman–Crippen LogP) is 0.860. The third-order valence-corrected chi connectivity index (χ3v) is 7.09. The third-order valence-electron chi connectivity index (χ3n) is 7.09. The van der Waals surface area contributed by atoms with E-state index >= 15 is 0 Å². The average molecular weight is 374 g/mol. The van der Waals surface area contributed by atoms with Gasteiger partial charge in [-0.3, -0.25) is 14.7 Å². The second-order valence-corrected chi connectivity index (χ2v) is 8.48. The first kappa shape index (κ1) is 18.8. The molecule has 7 heteroatoms. The van der Waals surface area contributed by atoms with Gasteiger partial charge >= 0.3 is 0 Å². The van der Waals surface area contributed by atoms with Gasteiger partial charge < -0.3 is 14.9 Å². The molecule has 1 aromatic heterocycles. The van der Waals surface area contributed by atoms with Crippen LogP contribution in [0.2, 0.25) is 0 Å². The van der Waals surface area contributed by atoms with Gasteiger partial charge in [0.1, 0.15) is 5.69 Å². The molecule has 0 saturated carbocycles. The van der Waals surface area contributed by atoms with Gasteiger partial charge in [0.2, 0.25) is 0 Å². The van der Waals surface area contributed by atoms with Crippen molar-refractivity contribution in [2.24, 2.45) is 5.41 Å². The van der Waals surface area contributed by atoms with E-state index in [0.717, 1.165) is 58.4 Å². The molecule has 0 bridgehead atoms. The number of fused-ring (bicyclic) bond motifs is 1. The first-order valence-electron chi connectivity index (χ1n) is 10.2. The maximum Gasteiger partial charge on any atom is 0.274 e. The van der Waals surface area contributed by atoms with Crippen LogP contribution >= 0.6 is 0 Å². The summed E-state index contributed by atoms with van der Waals surface area (Å²) in [5.41, 5.74) is 0.525. The van der Waals surface area contributed by atoms with E-state index in [0.29, 0.717) is 24.4 Å². The summed E-state index contributed by atoms with van der Waals surface area (Å²) in [6, 6.07) is 0.979. The molecule has 7 nitrogen and oxygen atoms in total. The SMILES string of the molecule is CN1CCC[C@]2(CO)CCN(C3CCN(C(=O)c4cnccn4)CC3)C[C@@H]12. The molecule has 3 fully saturated rings. The lowest BCUT2D eigenvalue weighted by molar-refractivity contribution is -0.0795. The van der Waals surface area contributed by atoms with Gasteiger partial charge in [0.25, 0.3) is 5.91 Å². The minimum Gasteiger partial charge on any atom is -0.396 e. The van der Waals surface area contributed by atoms with E-state index in [1.165, 1.54) is 6.42 Å². The Balaban J connectivity index is 1.36. The molecule has 3 aliphatic heterocycles. The standard InChI is InChI=1S/C20H31N5O2/c1-23-9-2-5-20(15-26)6-12-25(14-18(20)23)16-3-10-24(11-4-16)19(27)17-13-21-7-8-22-17/h7-8,13,16,18,26H,2-6,9-12,14-15H2,1H3/t18-,20-/m1/s1. The Hall–Kier alpha value is -1.57. The molecule has 1 aromatic rings. The lowest BCUT2D eigenvalue weighted by atomic mass is 9.69. The monoisotopic (exact) mass is 373 g/mol. The normalized spacial score (nSPS) is 30.9. The van der Waals surface area contributed by atoms with E-state index in [2.05, 4.69) is 26.8 Å². The number of hydrogen-bond donors (Lipinski definition) is 1. The summed E-state index contributed by atoms with van der Waals surface area (Å²) in [4.78, 5) is 27.7. The van der Waals surface area contributed by atoms with Crippen molar-refractivity contribution in [2.75, 3.05) is 46.4 Å². The van der Waals surface area contributed by atoms with Crippen LogP contribution in [-0.4, -0.2) is 94.1 Å². The zero-order valence-electron chi connectivity index (χ0n) is 16.3. The quantitative estimate of drug-likeness (QED) is 0.847. The highest BCUT2D eigenvalue weighted by atomic mass is 16.3. The molecule has 0 aliphatic carbocycles. The lowest BCUT2D eigenvalue weighted by Gasteiger charge is -2.55. The van der Waals surface area contributed by atoms with E-state index < -0.39 is 0 Å². The molecule has 148 valence electrons. The van der Waals surface area contributed by atoms with Gasteiger partial charge in [-0.1, -0.05) is 0 Å². The highest BCUT2D eigenvalue weighted by Crippen LogP contribution is 2.42. The van der Waals surface area contributed by atoms with Crippen molar-refractivity contribution >= 4 is 5.91 Å². The Bertz CT molecular complexity index is 649. The average Bonchev–Trinajstić information content (AvgIpc) is 2.74. The number of aliphatic hydroxyl groups is 1. The maximum atomic E-state index is 12.6. The summed E-state index contributed by atoms with van der Waals surface area (Å²) in [5.74, 6) is -0.00787. The molecule has 3 aliphatic rings. The number of nitrogens with zero attached hydrogens (tertiary/aromatic N) is 5. The van der Waals surface area contributed by atoms with Crippen LogP contribution in [0.5, 0.6) is 0 Å². The number of aliphatic hydroxyl groups excluding tert-OH is 1. The van der Waals surface area contributed by atoms with Crippen LogP contribution < -0.4 is 0 Å². The van der Waals surface area contributed by atoms with Crippen molar-refractivity contribution < 1.29 is 9.90 Å². The fraction of sp³-hybridized carbons (Fsp3) is 0.750. The Morgan fingerprint density at radius 1 is 1.22 bits per heavy atom. The highest BCUT2D eigenvalue weighted by Gasteiger charge is 2.47. The first-order chi connectivity index (χ1) is 13.1. The molecule has 0 spiro atoms. The molecule has 0 aromatic carbocycles. The summed E-state index contributed by atoms with van der Waals surface area (Å²) < 4.78 is 0. The molecular weight excluding hydrogens is 342 g/mol. The zero-order valence-corrected chi connectivity index (χ0v) is 16.3. The van der Waals surface area contributed by atoms with Gasteiger partial charge in [-0.05, 0) is 52.2 Å². The van der Waals surface area contributed by atoms with E-state index in [1.54, 1.807) is 18.6 Å². The summed E-state index contributed by atoms with van der Waals surface area (Å²) in [7, 11) is 2.21. The molecule has 4 rings (SSSR count). The molecule has 1 N–H and O–H groups in total. The maximum absolute atomic E-state index is 12.6. The number of amides is 1. The van der Waals surface area contributed by atoms with Gasteiger partial charge in [-0.15, -0.1) is 0 Å². The number of hydrogen-bond acceptors (Lipinski definition) is 6. The van der Waals surface area contributed by atoms with Gasteiger partial charge in [0.05, 0.1) is 12.8 Å². The van der Waals surface area contributed by atoms with E-state index in [-0.39, 0.29) is 11.3 Å². The van der Waals surface area contributed by atoms with Crippen LogP contribution in [0.15, 0.2) is 18.6 Å². The smallest absolute Gasteiger partial charge is 0.274 e. The van der Waals surface area contributed by atoms with E-state index in [9.17, 15) is 9.90 Å². The molecule has 1 amide bonds. The molecule has 27 heavy (non-hydrogen) atoms. The predicted molar refractivity (Wildman–Crippen MR) is 102 cm³/mol. The number of rotatable bonds is 3. The van der Waals surface area contributed by atoms with Crippen molar-refractivity contribution in [1.82, 2.24) is 24.7 Å². The molecule has 4 heterocycles. The summed E-state index contributed by atoms with van der Waals surface area (Å²) in [5, 5.41) is 10.1. The topological polar surface area (TPSA) is 72.8 Å². The third kappa shape index (κ3) is 3.60. The van der Waals surface area contributed by atoms with Crippen molar-refractivity contribution in [1.29, 1.82) is 0 Å². The molecule has 2 atom stereocenters. The molecule has 0 radical (unpaired) electrons. The molecular formula is C20H31N5O2. The van der Waals surface area contributed by atoms with Gasteiger partial charge in [0, 0.05) is 49.5 Å². The van der Waals surface area contributed by atoms with Crippen LogP contribution in [0.25, 0.3) is 0 Å². The second kappa shape index (κ2) is 7.81. The highest BCUT2D eigenvalue weighted by molar-refractivity contribution is 5.92. The first-order valence-corrected chi connectivity index (χ1v) is 10.2. The Morgan fingerprint density at radius 2 is 2.04 bits per heavy atom. The number of carbonyl (C=O) groups excluding carboxylic acids is 1. The van der Waals surface area contributed by atoms with Crippen molar-refractivity contribution in [2.45, 2.75) is 44.2 Å². The zero-order chi connectivity index (χ0) is 18.9. The fourth-order valence-corrected chi connectivity index (χ4v) is 5.38. The van der Waals surface area contributed by atoms with Crippen molar-refractivity contribution in [3.8, 4) is 0 Å².